The van der Waals surface area contributed by atoms with Crippen LogP contribution in [-0.2, 0) is 4.74 Å². The van der Waals surface area contributed by atoms with E-state index in [1.807, 2.05) is 29.2 Å². The van der Waals surface area contributed by atoms with Crippen LogP contribution >= 0.6 is 0 Å². The average Bonchev–Trinajstić information content (AvgIpc) is 3.58. The molecule has 2 fully saturated rings. The van der Waals surface area contributed by atoms with E-state index in [2.05, 4.69) is 20.9 Å². The Balaban J connectivity index is 1.29. The van der Waals surface area contributed by atoms with Gasteiger partial charge in [-0.05, 0) is 54.8 Å². The Hall–Kier alpha value is -3.96. The smallest absolute Gasteiger partial charge is 0.130 e. The van der Waals surface area contributed by atoms with Gasteiger partial charge in [0.2, 0.25) is 0 Å². The number of H-pyrrole nitrogens is 1. The van der Waals surface area contributed by atoms with E-state index in [0.29, 0.717) is 30.4 Å². The first-order chi connectivity index (χ1) is 17.1. The molecular formula is C27H27FN6O. The van der Waals surface area contributed by atoms with Gasteiger partial charge >= 0.3 is 0 Å². The molecule has 5 rings (SSSR count). The monoisotopic (exact) mass is 470 g/mol. The quantitative estimate of drug-likeness (QED) is 0.415. The summed E-state index contributed by atoms with van der Waals surface area (Å²) < 4.78 is 19.1. The van der Waals surface area contributed by atoms with Gasteiger partial charge in [0.15, 0.2) is 0 Å². The average molecular weight is 471 g/mol. The molecule has 0 radical (unpaired) electrons. The molecule has 35 heavy (non-hydrogen) atoms. The maximum atomic E-state index is 13.7. The summed E-state index contributed by atoms with van der Waals surface area (Å²) in [5.74, 6) is 0.746. The standard InChI is InChI=1S/C27H27FN6O/c28-22-4-1-3-20(16-22)25-5-2-10-34(25)26(30)8-9-27-31-18-23(32-27)19-6-7-24(21(15-19)17-29)33-11-13-35-14-12-33/h1,3-4,6-9,15-16,18,25,30H,2,5,10-14H2,(H,31,32)/b9-8-,30-26?. The molecule has 7 nitrogen and oxygen atoms in total. The number of amidine groups is 1. The highest BCUT2D eigenvalue weighted by Crippen LogP contribution is 2.32. The van der Waals surface area contributed by atoms with Gasteiger partial charge in [-0.3, -0.25) is 5.41 Å². The molecule has 8 heteroatoms. The van der Waals surface area contributed by atoms with Gasteiger partial charge in [-0.25, -0.2) is 9.37 Å². The lowest BCUT2D eigenvalue weighted by molar-refractivity contribution is 0.122. The molecule has 0 amide bonds. The summed E-state index contributed by atoms with van der Waals surface area (Å²) >= 11 is 0. The van der Waals surface area contributed by atoms with Crippen LogP contribution in [0.1, 0.15) is 35.8 Å². The Labute approximate surface area is 204 Å². The number of nitrogens with one attached hydrogen (secondary N) is 2. The van der Waals surface area contributed by atoms with E-state index in [1.165, 1.54) is 6.07 Å². The topological polar surface area (TPSA) is 92.0 Å². The van der Waals surface area contributed by atoms with E-state index >= 15 is 0 Å². The number of hydrogen-bond donors (Lipinski definition) is 2. The Morgan fingerprint density at radius 2 is 2.06 bits per heavy atom. The van der Waals surface area contributed by atoms with Gasteiger partial charge in [0.25, 0.3) is 0 Å². The lowest BCUT2D eigenvalue weighted by Gasteiger charge is -2.29. The van der Waals surface area contributed by atoms with E-state index in [0.717, 1.165) is 55.0 Å². The fraction of sp³-hybridized carbons (Fsp3) is 0.296. The number of halogens is 1. The van der Waals surface area contributed by atoms with Crippen molar-refractivity contribution in [2.75, 3.05) is 37.7 Å². The number of nitriles is 1. The third-order valence-electron chi connectivity index (χ3n) is 6.57. The molecule has 2 aliphatic rings. The fourth-order valence-electron chi connectivity index (χ4n) is 4.81. The second-order valence-electron chi connectivity index (χ2n) is 8.75. The van der Waals surface area contributed by atoms with Crippen molar-refractivity contribution < 1.29 is 9.13 Å². The predicted octanol–water partition coefficient (Wildman–Crippen LogP) is 4.75. The fourth-order valence-corrected chi connectivity index (χ4v) is 4.81. The number of rotatable bonds is 5. The molecule has 0 aliphatic carbocycles. The normalized spacial score (nSPS) is 18.2. The predicted molar refractivity (Wildman–Crippen MR) is 134 cm³/mol. The van der Waals surface area contributed by atoms with Crippen LogP contribution in [0.4, 0.5) is 10.1 Å². The summed E-state index contributed by atoms with van der Waals surface area (Å²) in [6.45, 7) is 3.64. The SMILES string of the molecule is N#Cc1cc(-c2cnc(/C=C\C(=N)N3CCCC3c3cccc(F)c3)[nH]2)ccc1N1CCOCC1. The summed E-state index contributed by atoms with van der Waals surface area (Å²) in [6.07, 6.45) is 7.10. The van der Waals surface area contributed by atoms with Crippen LogP contribution in [0.15, 0.2) is 54.7 Å². The van der Waals surface area contributed by atoms with Crippen molar-refractivity contribution >= 4 is 17.6 Å². The zero-order valence-corrected chi connectivity index (χ0v) is 19.4. The van der Waals surface area contributed by atoms with Crippen LogP contribution in [0.5, 0.6) is 0 Å². The second-order valence-corrected chi connectivity index (χ2v) is 8.75. The summed E-state index contributed by atoms with van der Waals surface area (Å²) in [7, 11) is 0. The van der Waals surface area contributed by atoms with E-state index < -0.39 is 0 Å². The number of morpholine rings is 1. The lowest BCUT2D eigenvalue weighted by Crippen LogP contribution is -2.36. The maximum Gasteiger partial charge on any atom is 0.130 e. The molecule has 0 bridgehead atoms. The van der Waals surface area contributed by atoms with Crippen molar-refractivity contribution in [2.45, 2.75) is 18.9 Å². The highest BCUT2D eigenvalue weighted by molar-refractivity contribution is 5.94. The molecule has 3 heterocycles. The number of hydrogen-bond acceptors (Lipinski definition) is 5. The van der Waals surface area contributed by atoms with E-state index in [9.17, 15) is 9.65 Å². The number of imidazole rings is 1. The summed E-state index contributed by atoms with van der Waals surface area (Å²) in [4.78, 5) is 11.9. The molecule has 178 valence electrons. The second kappa shape index (κ2) is 10.1. The number of aromatic amines is 1. The van der Waals surface area contributed by atoms with E-state index in [-0.39, 0.29) is 11.9 Å². The lowest BCUT2D eigenvalue weighted by atomic mass is 10.0. The molecule has 3 aromatic rings. The van der Waals surface area contributed by atoms with Crippen LogP contribution in [-0.4, -0.2) is 53.6 Å². The Morgan fingerprint density at radius 1 is 1.20 bits per heavy atom. The van der Waals surface area contributed by atoms with Crippen molar-refractivity contribution in [3.8, 4) is 17.3 Å². The number of ether oxygens (including phenoxy) is 1. The first-order valence-corrected chi connectivity index (χ1v) is 11.8. The van der Waals surface area contributed by atoms with Crippen molar-refractivity contribution in [3.63, 3.8) is 0 Å². The van der Waals surface area contributed by atoms with Crippen molar-refractivity contribution in [2.24, 2.45) is 0 Å². The summed E-state index contributed by atoms with van der Waals surface area (Å²) in [5, 5.41) is 18.3. The van der Waals surface area contributed by atoms with Gasteiger partial charge in [0, 0.05) is 25.2 Å². The van der Waals surface area contributed by atoms with Crippen LogP contribution in [0.25, 0.3) is 17.3 Å². The Kier molecular flexibility index (Phi) is 6.59. The minimum atomic E-state index is -0.253. The molecule has 2 N–H and O–H groups in total. The zero-order valence-electron chi connectivity index (χ0n) is 19.4. The third-order valence-corrected chi connectivity index (χ3v) is 6.57. The van der Waals surface area contributed by atoms with Gasteiger partial charge in [0.1, 0.15) is 23.5 Å². The summed E-state index contributed by atoms with van der Waals surface area (Å²) in [5.41, 5.74) is 4.13. The molecule has 1 atom stereocenters. The van der Waals surface area contributed by atoms with Crippen molar-refractivity contribution in [3.05, 3.63) is 77.5 Å². The van der Waals surface area contributed by atoms with Crippen LogP contribution in [0.3, 0.4) is 0 Å². The number of aromatic nitrogens is 2. The first kappa shape index (κ1) is 22.8. The molecule has 2 aliphatic heterocycles. The van der Waals surface area contributed by atoms with Gasteiger partial charge < -0.3 is 19.5 Å². The van der Waals surface area contributed by atoms with Gasteiger partial charge in [-0.15, -0.1) is 0 Å². The minimum Gasteiger partial charge on any atom is -0.378 e. The van der Waals surface area contributed by atoms with E-state index in [1.54, 1.807) is 30.5 Å². The first-order valence-electron chi connectivity index (χ1n) is 11.8. The molecule has 0 spiro atoms. The minimum absolute atomic E-state index is 0.00407. The van der Waals surface area contributed by atoms with Crippen LogP contribution < -0.4 is 4.90 Å². The molecular weight excluding hydrogens is 443 g/mol. The molecule has 0 saturated carbocycles. The van der Waals surface area contributed by atoms with Crippen molar-refractivity contribution in [1.29, 1.82) is 10.7 Å². The van der Waals surface area contributed by atoms with Gasteiger partial charge in [-0.1, -0.05) is 18.2 Å². The third kappa shape index (κ3) is 4.96. The Morgan fingerprint density at radius 3 is 2.86 bits per heavy atom. The zero-order chi connectivity index (χ0) is 24.2. The number of nitrogens with zero attached hydrogens (tertiary/aromatic N) is 4. The van der Waals surface area contributed by atoms with Crippen molar-refractivity contribution in [1.82, 2.24) is 14.9 Å². The number of likely N-dealkylation sites (tertiary alicyclic amines) is 1. The number of benzene rings is 2. The Bertz CT molecular complexity index is 1290. The van der Waals surface area contributed by atoms with Gasteiger partial charge in [-0.2, -0.15) is 5.26 Å². The summed E-state index contributed by atoms with van der Waals surface area (Å²) in [6, 6.07) is 14.8. The molecule has 2 aromatic carbocycles. The van der Waals surface area contributed by atoms with Crippen LogP contribution in [0, 0.1) is 22.6 Å². The maximum absolute atomic E-state index is 13.7. The van der Waals surface area contributed by atoms with Crippen LogP contribution in [0.2, 0.25) is 0 Å². The number of anilines is 1. The highest BCUT2D eigenvalue weighted by Gasteiger charge is 2.27. The molecule has 1 aromatic heterocycles. The highest BCUT2D eigenvalue weighted by atomic mass is 19.1. The van der Waals surface area contributed by atoms with E-state index in [4.69, 9.17) is 10.1 Å². The van der Waals surface area contributed by atoms with Gasteiger partial charge in [0.05, 0.1) is 42.4 Å². The largest absolute Gasteiger partial charge is 0.378 e. The molecule has 1 unspecified atom stereocenters. The molecule has 2 saturated heterocycles.